The van der Waals surface area contributed by atoms with Crippen molar-refractivity contribution in [2.45, 2.75) is 19.3 Å². The summed E-state index contributed by atoms with van der Waals surface area (Å²) in [6, 6.07) is 12.0. The number of benzene rings is 2. The van der Waals surface area contributed by atoms with Gasteiger partial charge in [-0.2, -0.15) is 0 Å². The fourth-order valence-corrected chi connectivity index (χ4v) is 3.07. The zero-order valence-corrected chi connectivity index (χ0v) is 18.0. The molecule has 0 atom stereocenters. The molecule has 2 amide bonds. The van der Waals surface area contributed by atoms with Crippen molar-refractivity contribution in [3.05, 3.63) is 52.0 Å². The quantitative estimate of drug-likeness (QED) is 0.516. The average molecular weight is 484 g/mol. The van der Waals surface area contributed by atoms with E-state index in [-0.39, 0.29) is 18.7 Å². The number of anilines is 2. The van der Waals surface area contributed by atoms with Crippen LogP contribution >= 0.6 is 27.5 Å². The van der Waals surface area contributed by atoms with Crippen LogP contribution in [0.3, 0.4) is 0 Å². The van der Waals surface area contributed by atoms with Crippen LogP contribution in [0.2, 0.25) is 5.02 Å². The molecule has 29 heavy (non-hydrogen) atoms. The van der Waals surface area contributed by atoms with Crippen molar-refractivity contribution in [2.75, 3.05) is 24.4 Å². The maximum atomic E-state index is 12.0. The molecule has 0 unspecified atom stereocenters. The van der Waals surface area contributed by atoms with Gasteiger partial charge < -0.3 is 20.1 Å². The van der Waals surface area contributed by atoms with E-state index in [4.69, 9.17) is 21.1 Å². The van der Waals surface area contributed by atoms with Crippen LogP contribution < -0.4 is 15.4 Å². The van der Waals surface area contributed by atoms with Gasteiger partial charge in [-0.05, 0) is 36.8 Å². The molecule has 0 spiro atoms. The van der Waals surface area contributed by atoms with Gasteiger partial charge in [0.15, 0.2) is 6.61 Å². The summed E-state index contributed by atoms with van der Waals surface area (Å²) in [6.07, 6.45) is 0.444. The summed E-state index contributed by atoms with van der Waals surface area (Å²) in [6.45, 7) is -0.432. The lowest BCUT2D eigenvalue weighted by Gasteiger charge is -2.10. The molecule has 0 fully saturated rings. The first-order chi connectivity index (χ1) is 13.9. The predicted molar refractivity (Wildman–Crippen MR) is 114 cm³/mol. The highest BCUT2D eigenvalue weighted by molar-refractivity contribution is 9.10. The van der Waals surface area contributed by atoms with Gasteiger partial charge in [0, 0.05) is 17.3 Å². The maximum Gasteiger partial charge on any atom is 0.306 e. The van der Waals surface area contributed by atoms with Gasteiger partial charge in [0.2, 0.25) is 5.91 Å². The minimum atomic E-state index is -0.563. The van der Waals surface area contributed by atoms with Crippen LogP contribution in [-0.4, -0.2) is 31.5 Å². The number of carbonyl (C=O) groups excluding carboxylic acids is 3. The van der Waals surface area contributed by atoms with Gasteiger partial charge in [-0.15, -0.1) is 0 Å². The summed E-state index contributed by atoms with van der Waals surface area (Å²) < 4.78 is 10.9. The minimum absolute atomic E-state index is 0.0195. The summed E-state index contributed by atoms with van der Waals surface area (Å²) in [7, 11) is 1.52. The molecule has 0 aliphatic heterocycles. The fraction of sp³-hybridized carbons (Fsp3) is 0.250. The number of hydrogen-bond donors (Lipinski definition) is 2. The van der Waals surface area contributed by atoms with Gasteiger partial charge in [0.25, 0.3) is 5.91 Å². The van der Waals surface area contributed by atoms with Gasteiger partial charge in [-0.1, -0.05) is 39.7 Å². The Kier molecular flexibility index (Phi) is 8.95. The number of esters is 1. The van der Waals surface area contributed by atoms with E-state index in [1.165, 1.54) is 7.11 Å². The third kappa shape index (κ3) is 7.75. The molecule has 0 bridgehead atoms. The smallest absolute Gasteiger partial charge is 0.306 e. The number of carbonyl (C=O) groups is 3. The zero-order valence-electron chi connectivity index (χ0n) is 15.7. The van der Waals surface area contributed by atoms with E-state index in [1.54, 1.807) is 42.5 Å². The number of rotatable bonds is 9. The largest absolute Gasteiger partial charge is 0.495 e. The summed E-state index contributed by atoms with van der Waals surface area (Å²) in [5.41, 5.74) is 0.981. The standard InChI is InChI=1S/C20H20BrClN2O5/c1-28-17-6-3-2-5-16(17)24-18(25)7-4-8-20(27)29-12-19(26)23-15-10-9-13(21)11-14(15)22/h2-3,5-6,9-11H,4,7-8,12H2,1H3,(H,23,26)(H,24,25). The van der Waals surface area contributed by atoms with E-state index < -0.39 is 18.5 Å². The van der Waals surface area contributed by atoms with Crippen molar-refractivity contribution in [1.82, 2.24) is 0 Å². The van der Waals surface area contributed by atoms with Crippen LogP contribution in [0.15, 0.2) is 46.9 Å². The highest BCUT2D eigenvalue weighted by Gasteiger charge is 2.12. The van der Waals surface area contributed by atoms with Gasteiger partial charge in [0.05, 0.1) is 23.5 Å². The molecule has 0 saturated heterocycles. The Morgan fingerprint density at radius 3 is 2.45 bits per heavy atom. The van der Waals surface area contributed by atoms with Crippen LogP contribution in [0.1, 0.15) is 19.3 Å². The number of methoxy groups -OCH3 is 1. The van der Waals surface area contributed by atoms with Crippen molar-refractivity contribution in [3.63, 3.8) is 0 Å². The monoisotopic (exact) mass is 482 g/mol. The predicted octanol–water partition coefficient (Wildman–Crippen LogP) is 4.40. The van der Waals surface area contributed by atoms with E-state index in [0.717, 1.165) is 4.47 Å². The van der Waals surface area contributed by atoms with Crippen LogP contribution in [0.5, 0.6) is 5.75 Å². The Hall–Kier alpha value is -2.58. The number of halogens is 2. The Morgan fingerprint density at radius 2 is 1.72 bits per heavy atom. The first kappa shape index (κ1) is 22.7. The first-order valence-corrected chi connectivity index (χ1v) is 9.89. The second-order valence-corrected chi connectivity index (χ2v) is 7.26. The van der Waals surface area contributed by atoms with E-state index in [2.05, 4.69) is 26.6 Å². The molecule has 7 nitrogen and oxygen atoms in total. The van der Waals surface area contributed by atoms with E-state index in [9.17, 15) is 14.4 Å². The van der Waals surface area contributed by atoms with Crippen LogP contribution in [0.25, 0.3) is 0 Å². The van der Waals surface area contributed by atoms with Gasteiger partial charge >= 0.3 is 5.97 Å². The summed E-state index contributed by atoms with van der Waals surface area (Å²) in [4.78, 5) is 35.6. The normalized spacial score (nSPS) is 10.2. The second-order valence-electron chi connectivity index (χ2n) is 5.94. The van der Waals surface area contributed by atoms with Crippen molar-refractivity contribution in [2.24, 2.45) is 0 Å². The highest BCUT2D eigenvalue weighted by atomic mass is 79.9. The van der Waals surface area contributed by atoms with E-state index in [0.29, 0.717) is 28.6 Å². The molecule has 9 heteroatoms. The lowest BCUT2D eigenvalue weighted by Crippen LogP contribution is -2.21. The molecule has 2 rings (SSSR count). The number of para-hydroxylation sites is 2. The molecule has 2 aromatic carbocycles. The third-order valence-corrected chi connectivity index (χ3v) is 4.54. The Labute approximate surface area is 181 Å². The first-order valence-electron chi connectivity index (χ1n) is 8.72. The molecule has 2 aromatic rings. The van der Waals surface area contributed by atoms with E-state index >= 15 is 0 Å². The van der Waals surface area contributed by atoms with Gasteiger partial charge in [-0.3, -0.25) is 14.4 Å². The lowest BCUT2D eigenvalue weighted by atomic mass is 10.2. The number of amides is 2. The molecule has 0 aromatic heterocycles. The van der Waals surface area contributed by atoms with Crippen molar-refractivity contribution in [1.29, 1.82) is 0 Å². The minimum Gasteiger partial charge on any atom is -0.495 e. The van der Waals surface area contributed by atoms with E-state index in [1.807, 2.05) is 0 Å². The Morgan fingerprint density at radius 1 is 1.00 bits per heavy atom. The van der Waals surface area contributed by atoms with Crippen molar-refractivity contribution < 1.29 is 23.9 Å². The van der Waals surface area contributed by atoms with Gasteiger partial charge in [-0.25, -0.2) is 0 Å². The number of hydrogen-bond acceptors (Lipinski definition) is 5. The second kappa shape index (κ2) is 11.4. The molecule has 0 aliphatic carbocycles. The third-order valence-electron chi connectivity index (χ3n) is 3.74. The molecule has 154 valence electrons. The Balaban J connectivity index is 1.67. The average Bonchev–Trinajstić information content (AvgIpc) is 2.69. The maximum absolute atomic E-state index is 12.0. The molecule has 2 N–H and O–H groups in total. The van der Waals surface area contributed by atoms with Crippen LogP contribution in [0.4, 0.5) is 11.4 Å². The summed E-state index contributed by atoms with van der Waals surface area (Å²) in [5.74, 6) is -0.759. The molecule has 0 radical (unpaired) electrons. The summed E-state index contributed by atoms with van der Waals surface area (Å²) in [5, 5.41) is 5.65. The van der Waals surface area contributed by atoms with Gasteiger partial charge in [0.1, 0.15) is 5.75 Å². The molecular formula is C20H20BrClN2O5. The lowest BCUT2D eigenvalue weighted by molar-refractivity contribution is -0.147. The van der Waals surface area contributed by atoms with Crippen molar-refractivity contribution >= 4 is 56.7 Å². The van der Waals surface area contributed by atoms with Crippen molar-refractivity contribution in [3.8, 4) is 5.75 Å². The molecule has 0 aliphatic rings. The Bertz CT molecular complexity index is 891. The van der Waals surface area contributed by atoms with Crippen LogP contribution in [0, 0.1) is 0 Å². The molecule has 0 saturated carbocycles. The summed E-state index contributed by atoms with van der Waals surface area (Å²) >= 11 is 9.28. The highest BCUT2D eigenvalue weighted by Crippen LogP contribution is 2.25. The number of ether oxygens (including phenoxy) is 2. The topological polar surface area (TPSA) is 93.7 Å². The zero-order chi connectivity index (χ0) is 21.2. The van der Waals surface area contributed by atoms with Crippen LogP contribution in [-0.2, 0) is 19.1 Å². The molecular weight excluding hydrogens is 464 g/mol. The SMILES string of the molecule is COc1ccccc1NC(=O)CCCC(=O)OCC(=O)Nc1ccc(Br)cc1Cl. The molecule has 0 heterocycles. The fourth-order valence-electron chi connectivity index (χ4n) is 2.35. The number of nitrogens with one attached hydrogen (secondary N) is 2.